The summed E-state index contributed by atoms with van der Waals surface area (Å²) in [5.41, 5.74) is 0.959. The lowest BCUT2D eigenvalue weighted by Crippen LogP contribution is -2.13. The number of hydrogen-bond acceptors (Lipinski definition) is 6. The number of halogens is 1. The van der Waals surface area contributed by atoms with Crippen molar-refractivity contribution < 1.29 is 18.6 Å². The van der Waals surface area contributed by atoms with Crippen molar-refractivity contribution in [3.05, 3.63) is 45.4 Å². The topological polar surface area (TPSA) is 99.3 Å². The van der Waals surface area contributed by atoms with Crippen molar-refractivity contribution in [1.29, 1.82) is 0 Å². The molecule has 0 aromatic heterocycles. The molecule has 118 valence electrons. The third-order valence-corrected chi connectivity index (χ3v) is 5.41. The largest absolute Gasteiger partial charge is 0.506 e. The fourth-order valence-corrected chi connectivity index (χ4v) is 3.41. The molecule has 1 aliphatic rings. The number of hydrogen-bond donors (Lipinski definition) is 2. The molecule has 0 atom stereocenters. The highest BCUT2D eigenvalue weighted by molar-refractivity contribution is 9.10. The Labute approximate surface area is 136 Å². The van der Waals surface area contributed by atoms with E-state index in [2.05, 4.69) is 26.2 Å². The van der Waals surface area contributed by atoms with Crippen LogP contribution >= 0.6 is 15.9 Å². The standard InChI is InChI=1S/C14H15BrN2O4S/c15-10-1-6-14(19)13(9-10)17-16-11-2-4-12(5-3-11)22(20,21)8-7-18/h1-2,5-6,9,18-19H,3-4,7-8H2/b17-16+. The van der Waals surface area contributed by atoms with Gasteiger partial charge in [-0.3, -0.25) is 0 Å². The number of phenolic OH excluding ortho intramolecular Hbond substituents is 1. The molecule has 0 saturated heterocycles. The number of aliphatic hydroxyl groups is 1. The maximum Gasteiger partial charge on any atom is 0.176 e. The van der Waals surface area contributed by atoms with Crippen LogP contribution in [0.2, 0.25) is 0 Å². The molecular weight excluding hydrogens is 372 g/mol. The number of sulfone groups is 1. The van der Waals surface area contributed by atoms with Crippen molar-refractivity contribution in [2.45, 2.75) is 12.8 Å². The molecule has 0 aliphatic heterocycles. The van der Waals surface area contributed by atoms with Crippen LogP contribution in [0.3, 0.4) is 0 Å². The number of rotatable bonds is 5. The second-order valence-electron chi connectivity index (χ2n) is 4.65. The zero-order chi connectivity index (χ0) is 16.2. The molecule has 0 saturated carbocycles. The maximum absolute atomic E-state index is 11.8. The van der Waals surface area contributed by atoms with Gasteiger partial charge in [0, 0.05) is 22.2 Å². The number of nitrogens with zero attached hydrogens (tertiary/aromatic N) is 2. The molecule has 1 aromatic carbocycles. The highest BCUT2D eigenvalue weighted by Gasteiger charge is 2.18. The highest BCUT2D eigenvalue weighted by Crippen LogP contribution is 2.31. The van der Waals surface area contributed by atoms with Crippen LogP contribution in [0.15, 0.2) is 55.7 Å². The van der Waals surface area contributed by atoms with Crippen molar-refractivity contribution in [2.24, 2.45) is 10.2 Å². The molecule has 0 radical (unpaired) electrons. The summed E-state index contributed by atoms with van der Waals surface area (Å²) < 4.78 is 24.4. The average molecular weight is 387 g/mol. The van der Waals surface area contributed by atoms with Gasteiger partial charge in [-0.2, -0.15) is 5.11 Å². The molecular formula is C14H15BrN2O4S. The third kappa shape index (κ3) is 4.25. The minimum atomic E-state index is -3.39. The first-order valence-corrected chi connectivity index (χ1v) is 8.99. The van der Waals surface area contributed by atoms with Gasteiger partial charge in [-0.05, 0) is 18.2 Å². The number of benzene rings is 1. The van der Waals surface area contributed by atoms with Crippen LogP contribution in [0.4, 0.5) is 5.69 Å². The van der Waals surface area contributed by atoms with Gasteiger partial charge in [-0.15, -0.1) is 5.11 Å². The van der Waals surface area contributed by atoms with E-state index in [1.54, 1.807) is 24.3 Å². The smallest absolute Gasteiger partial charge is 0.176 e. The second-order valence-corrected chi connectivity index (χ2v) is 7.73. The van der Waals surface area contributed by atoms with Gasteiger partial charge in [-0.1, -0.05) is 28.1 Å². The first-order chi connectivity index (χ1) is 10.4. The molecule has 2 rings (SSSR count). The summed E-state index contributed by atoms with van der Waals surface area (Å²) in [7, 11) is -3.39. The zero-order valence-electron chi connectivity index (χ0n) is 11.6. The molecule has 0 heterocycles. The molecule has 0 bridgehead atoms. The molecule has 1 aliphatic carbocycles. The van der Waals surface area contributed by atoms with Crippen molar-refractivity contribution >= 4 is 31.5 Å². The second kappa shape index (κ2) is 7.17. The fourth-order valence-electron chi connectivity index (χ4n) is 1.89. The monoisotopic (exact) mass is 386 g/mol. The number of azo groups is 1. The van der Waals surface area contributed by atoms with Crippen LogP contribution in [-0.2, 0) is 9.84 Å². The van der Waals surface area contributed by atoms with Crippen LogP contribution in [-0.4, -0.2) is 31.0 Å². The van der Waals surface area contributed by atoms with Crippen LogP contribution < -0.4 is 0 Å². The van der Waals surface area contributed by atoms with E-state index in [0.29, 0.717) is 22.7 Å². The SMILES string of the molecule is O=S(=O)(CCO)C1=CCC(/N=N/c2cc(Br)ccc2O)=CC1. The lowest BCUT2D eigenvalue weighted by atomic mass is 10.1. The maximum atomic E-state index is 11.8. The van der Waals surface area contributed by atoms with Gasteiger partial charge in [0.15, 0.2) is 9.84 Å². The molecule has 0 fully saturated rings. The lowest BCUT2D eigenvalue weighted by molar-refractivity contribution is 0.320. The van der Waals surface area contributed by atoms with Crippen LogP contribution in [0, 0.1) is 0 Å². The molecule has 8 heteroatoms. The van der Waals surface area contributed by atoms with Gasteiger partial charge in [0.05, 0.1) is 18.1 Å². The predicted molar refractivity (Wildman–Crippen MR) is 86.6 cm³/mol. The summed E-state index contributed by atoms with van der Waals surface area (Å²) in [6, 6.07) is 4.83. The van der Waals surface area contributed by atoms with Gasteiger partial charge in [0.2, 0.25) is 0 Å². The summed E-state index contributed by atoms with van der Waals surface area (Å²) in [5, 5.41) is 26.4. The molecule has 2 N–H and O–H groups in total. The van der Waals surface area contributed by atoms with E-state index in [9.17, 15) is 13.5 Å². The van der Waals surface area contributed by atoms with Crippen molar-refractivity contribution in [1.82, 2.24) is 0 Å². The molecule has 0 amide bonds. The van der Waals surface area contributed by atoms with Gasteiger partial charge in [0.25, 0.3) is 0 Å². The lowest BCUT2D eigenvalue weighted by Gasteiger charge is -2.11. The van der Waals surface area contributed by atoms with E-state index in [1.807, 2.05) is 0 Å². The first kappa shape index (κ1) is 16.9. The summed E-state index contributed by atoms with van der Waals surface area (Å²) in [6.45, 7) is -0.391. The Balaban J connectivity index is 2.07. The normalized spacial score (nSPS) is 15.7. The Morgan fingerprint density at radius 1 is 1.18 bits per heavy atom. The summed E-state index contributed by atoms with van der Waals surface area (Å²) >= 11 is 3.28. The minimum Gasteiger partial charge on any atom is -0.506 e. The minimum absolute atomic E-state index is 0.0186. The highest BCUT2D eigenvalue weighted by atomic mass is 79.9. The third-order valence-electron chi connectivity index (χ3n) is 3.06. The van der Waals surface area contributed by atoms with E-state index < -0.39 is 16.4 Å². The molecule has 22 heavy (non-hydrogen) atoms. The van der Waals surface area contributed by atoms with E-state index in [4.69, 9.17) is 5.11 Å². The fraction of sp³-hybridized carbons (Fsp3) is 0.286. The number of allylic oxidation sites excluding steroid dienone is 3. The van der Waals surface area contributed by atoms with Crippen LogP contribution in [0.1, 0.15) is 12.8 Å². The number of phenols is 1. The van der Waals surface area contributed by atoms with Crippen molar-refractivity contribution in [3.63, 3.8) is 0 Å². The molecule has 1 aromatic rings. The van der Waals surface area contributed by atoms with Gasteiger partial charge < -0.3 is 10.2 Å². The van der Waals surface area contributed by atoms with Gasteiger partial charge in [0.1, 0.15) is 11.4 Å². The average Bonchev–Trinajstić information content (AvgIpc) is 2.48. The Morgan fingerprint density at radius 2 is 1.95 bits per heavy atom. The Bertz CT molecular complexity index is 754. The summed E-state index contributed by atoms with van der Waals surface area (Å²) in [5.74, 6) is -0.250. The summed E-state index contributed by atoms with van der Waals surface area (Å²) in [6.07, 6.45) is 3.85. The van der Waals surface area contributed by atoms with Gasteiger partial charge in [-0.25, -0.2) is 8.42 Å². The predicted octanol–water partition coefficient (Wildman–Crippen LogP) is 3.21. The van der Waals surface area contributed by atoms with Crippen molar-refractivity contribution in [3.8, 4) is 5.75 Å². The summed E-state index contributed by atoms with van der Waals surface area (Å²) in [4.78, 5) is 0.297. The molecule has 0 unspecified atom stereocenters. The van der Waals surface area contributed by atoms with Crippen molar-refractivity contribution in [2.75, 3.05) is 12.4 Å². The van der Waals surface area contributed by atoms with Gasteiger partial charge >= 0.3 is 0 Å². The molecule has 0 spiro atoms. The Morgan fingerprint density at radius 3 is 2.59 bits per heavy atom. The quantitative estimate of drug-likeness (QED) is 0.758. The Kier molecular flexibility index (Phi) is 5.49. The van der Waals surface area contributed by atoms with Crippen LogP contribution in [0.25, 0.3) is 0 Å². The number of aromatic hydroxyl groups is 1. The zero-order valence-corrected chi connectivity index (χ0v) is 14.0. The van der Waals surface area contributed by atoms with E-state index in [-0.39, 0.29) is 17.9 Å². The van der Waals surface area contributed by atoms with Crippen LogP contribution in [0.5, 0.6) is 5.75 Å². The molecule has 6 nitrogen and oxygen atoms in total. The number of aliphatic hydroxyl groups excluding tert-OH is 1. The Hall–Kier alpha value is -1.51. The van der Waals surface area contributed by atoms with E-state index in [0.717, 1.165) is 4.47 Å². The first-order valence-electron chi connectivity index (χ1n) is 6.54. The van der Waals surface area contributed by atoms with E-state index in [1.165, 1.54) is 6.07 Å². The van der Waals surface area contributed by atoms with E-state index >= 15 is 0 Å².